The number of nitrogens with two attached hydrogens (primary N) is 1. The predicted molar refractivity (Wildman–Crippen MR) is 85.6 cm³/mol. The van der Waals surface area contributed by atoms with Gasteiger partial charge in [0.15, 0.2) is 5.82 Å². The maximum atomic E-state index is 6.25. The highest BCUT2D eigenvalue weighted by Crippen LogP contribution is 2.31. The summed E-state index contributed by atoms with van der Waals surface area (Å²) in [5.41, 5.74) is 2.50. The number of hydrazine groups is 1. The largest absolute Gasteiger partial charge is 0.353 e. The fourth-order valence-corrected chi connectivity index (χ4v) is 2.95. The van der Waals surface area contributed by atoms with Gasteiger partial charge in [-0.25, -0.2) is 10.8 Å². The van der Waals surface area contributed by atoms with Crippen molar-refractivity contribution in [2.75, 3.05) is 36.5 Å². The zero-order chi connectivity index (χ0) is 14.7. The molecular formula is C13H21Cl2N5. The molecule has 1 aliphatic rings. The lowest BCUT2D eigenvalue weighted by Crippen LogP contribution is -2.49. The summed E-state index contributed by atoms with van der Waals surface area (Å²) in [6.45, 7) is 8.32. The van der Waals surface area contributed by atoms with Crippen molar-refractivity contribution in [2.45, 2.75) is 26.3 Å². The highest BCUT2D eigenvalue weighted by atomic mass is 35.5. The molecule has 2 rings (SSSR count). The Morgan fingerprint density at radius 2 is 1.95 bits per heavy atom. The van der Waals surface area contributed by atoms with Gasteiger partial charge in [0, 0.05) is 32.2 Å². The number of anilines is 2. The molecule has 0 radical (unpaired) electrons. The van der Waals surface area contributed by atoms with Gasteiger partial charge >= 0.3 is 0 Å². The first kappa shape index (κ1) is 15.6. The molecule has 7 heteroatoms. The van der Waals surface area contributed by atoms with Crippen molar-refractivity contribution in [3.63, 3.8) is 0 Å². The van der Waals surface area contributed by atoms with Gasteiger partial charge in [-0.3, -0.25) is 4.90 Å². The van der Waals surface area contributed by atoms with Gasteiger partial charge in [-0.1, -0.05) is 30.1 Å². The molecule has 0 bridgehead atoms. The molecule has 1 saturated heterocycles. The molecule has 0 aromatic carbocycles. The van der Waals surface area contributed by atoms with E-state index in [1.54, 1.807) is 6.07 Å². The molecule has 1 aliphatic heterocycles. The molecule has 0 saturated carbocycles. The van der Waals surface area contributed by atoms with E-state index in [9.17, 15) is 0 Å². The molecule has 5 nitrogen and oxygen atoms in total. The number of aromatic nitrogens is 1. The summed E-state index contributed by atoms with van der Waals surface area (Å²) in [5.74, 6) is 6.61. The van der Waals surface area contributed by atoms with Crippen molar-refractivity contribution < 1.29 is 0 Å². The zero-order valence-electron chi connectivity index (χ0n) is 11.9. The van der Waals surface area contributed by atoms with E-state index in [0.717, 1.165) is 32.0 Å². The van der Waals surface area contributed by atoms with Crippen LogP contribution in [0.25, 0.3) is 0 Å². The predicted octanol–water partition coefficient (Wildman–Crippen LogP) is 2.59. The topological polar surface area (TPSA) is 57.4 Å². The third-order valence-electron chi connectivity index (χ3n) is 3.88. The summed E-state index contributed by atoms with van der Waals surface area (Å²) in [6.07, 6.45) is 1.17. The van der Waals surface area contributed by atoms with Crippen LogP contribution in [0, 0.1) is 0 Å². The number of pyridine rings is 1. The second-order valence-electron chi connectivity index (χ2n) is 5.05. The molecule has 2 heterocycles. The first-order chi connectivity index (χ1) is 9.56. The molecule has 3 N–H and O–H groups in total. The standard InChI is InChI=1S/C13H21Cl2N5/c1-3-9(2)19-4-6-20(7-5-19)13-11(15)8-10(14)12(17-13)18-16/h8-9H,3-7,16H2,1-2H3,(H,17,18). The molecule has 112 valence electrons. The third-order valence-corrected chi connectivity index (χ3v) is 4.44. The summed E-state index contributed by atoms with van der Waals surface area (Å²) >= 11 is 12.3. The normalized spacial score (nSPS) is 18.1. The lowest BCUT2D eigenvalue weighted by atomic mass is 10.2. The smallest absolute Gasteiger partial charge is 0.161 e. The molecule has 1 atom stereocenters. The van der Waals surface area contributed by atoms with E-state index in [4.69, 9.17) is 29.0 Å². The molecule has 1 aromatic rings. The van der Waals surface area contributed by atoms with Gasteiger partial charge in [-0.05, 0) is 19.4 Å². The SMILES string of the molecule is CCC(C)N1CCN(c2nc(NN)c(Cl)cc2Cl)CC1. The summed E-state index contributed by atoms with van der Waals surface area (Å²) < 4.78 is 0. The Balaban J connectivity index is 2.10. The van der Waals surface area contributed by atoms with Crippen molar-refractivity contribution in [2.24, 2.45) is 5.84 Å². The van der Waals surface area contributed by atoms with Crippen molar-refractivity contribution in [1.29, 1.82) is 0 Å². The van der Waals surface area contributed by atoms with Crippen LogP contribution in [-0.2, 0) is 0 Å². The number of nitrogens with zero attached hydrogens (tertiary/aromatic N) is 3. The van der Waals surface area contributed by atoms with Crippen LogP contribution >= 0.6 is 23.2 Å². The van der Waals surface area contributed by atoms with Crippen LogP contribution in [0.1, 0.15) is 20.3 Å². The summed E-state index contributed by atoms with van der Waals surface area (Å²) in [4.78, 5) is 9.08. The maximum absolute atomic E-state index is 6.25. The number of nitrogen functional groups attached to an aromatic ring is 1. The molecule has 20 heavy (non-hydrogen) atoms. The highest BCUT2D eigenvalue weighted by Gasteiger charge is 2.23. The first-order valence-electron chi connectivity index (χ1n) is 6.88. The van der Waals surface area contributed by atoms with Gasteiger partial charge in [0.2, 0.25) is 0 Å². The Kier molecular flexibility index (Phi) is 5.32. The van der Waals surface area contributed by atoms with Crippen LogP contribution in [-0.4, -0.2) is 42.1 Å². The Labute approximate surface area is 130 Å². The number of nitrogens with one attached hydrogen (secondary N) is 1. The molecule has 0 aliphatic carbocycles. The molecule has 0 spiro atoms. The number of hydrogen-bond donors (Lipinski definition) is 2. The zero-order valence-corrected chi connectivity index (χ0v) is 13.4. The van der Waals surface area contributed by atoms with E-state index in [2.05, 4.69) is 34.1 Å². The number of halogens is 2. The van der Waals surface area contributed by atoms with Gasteiger partial charge in [-0.15, -0.1) is 0 Å². The summed E-state index contributed by atoms with van der Waals surface area (Å²) in [7, 11) is 0. The van der Waals surface area contributed by atoms with Crippen molar-refractivity contribution in [1.82, 2.24) is 9.88 Å². The van der Waals surface area contributed by atoms with Gasteiger partial charge in [0.1, 0.15) is 5.82 Å². The highest BCUT2D eigenvalue weighted by molar-refractivity contribution is 6.37. The van der Waals surface area contributed by atoms with E-state index in [-0.39, 0.29) is 0 Å². The van der Waals surface area contributed by atoms with Crippen LogP contribution in [0.2, 0.25) is 10.0 Å². The lowest BCUT2D eigenvalue weighted by Gasteiger charge is -2.38. The molecule has 1 unspecified atom stereocenters. The van der Waals surface area contributed by atoms with Crippen LogP contribution in [0.15, 0.2) is 6.07 Å². The number of hydrogen-bond acceptors (Lipinski definition) is 5. The van der Waals surface area contributed by atoms with Gasteiger partial charge in [0.05, 0.1) is 10.0 Å². The first-order valence-corrected chi connectivity index (χ1v) is 7.64. The molecular weight excluding hydrogens is 297 g/mol. The minimum absolute atomic E-state index is 0.430. The van der Waals surface area contributed by atoms with Gasteiger partial charge in [-0.2, -0.15) is 0 Å². The van der Waals surface area contributed by atoms with Crippen molar-refractivity contribution >= 4 is 34.8 Å². The van der Waals surface area contributed by atoms with Crippen molar-refractivity contribution in [3.05, 3.63) is 16.1 Å². The van der Waals surface area contributed by atoms with Crippen molar-refractivity contribution in [3.8, 4) is 0 Å². The average Bonchev–Trinajstić information content (AvgIpc) is 2.47. The fourth-order valence-electron chi connectivity index (χ4n) is 2.41. The Morgan fingerprint density at radius 1 is 1.30 bits per heavy atom. The number of rotatable bonds is 4. The fraction of sp³-hybridized carbons (Fsp3) is 0.615. The molecule has 1 aromatic heterocycles. The van der Waals surface area contributed by atoms with Crippen LogP contribution in [0.4, 0.5) is 11.6 Å². The maximum Gasteiger partial charge on any atom is 0.161 e. The number of piperazine rings is 1. The van der Waals surface area contributed by atoms with E-state index >= 15 is 0 Å². The molecule has 1 fully saturated rings. The summed E-state index contributed by atoms with van der Waals surface area (Å²) in [5, 5.41) is 0.991. The second-order valence-corrected chi connectivity index (χ2v) is 5.86. The van der Waals surface area contributed by atoms with E-state index in [0.29, 0.717) is 21.9 Å². The third kappa shape index (κ3) is 3.28. The van der Waals surface area contributed by atoms with Gasteiger partial charge < -0.3 is 10.3 Å². The average molecular weight is 318 g/mol. The Bertz CT molecular complexity index is 460. The van der Waals surface area contributed by atoms with E-state index < -0.39 is 0 Å². The monoisotopic (exact) mass is 317 g/mol. The lowest BCUT2D eigenvalue weighted by molar-refractivity contribution is 0.192. The minimum atomic E-state index is 0.430. The van der Waals surface area contributed by atoms with E-state index in [1.165, 1.54) is 6.42 Å². The minimum Gasteiger partial charge on any atom is -0.353 e. The summed E-state index contributed by atoms with van der Waals surface area (Å²) in [6, 6.07) is 2.30. The quantitative estimate of drug-likeness (QED) is 0.660. The van der Waals surface area contributed by atoms with Gasteiger partial charge in [0.25, 0.3) is 0 Å². The Morgan fingerprint density at radius 3 is 2.50 bits per heavy atom. The van der Waals surface area contributed by atoms with Crippen LogP contribution in [0.3, 0.4) is 0 Å². The Hall–Kier alpha value is -0.750. The van der Waals surface area contributed by atoms with E-state index in [1.807, 2.05) is 0 Å². The van der Waals surface area contributed by atoms with Crippen LogP contribution in [0.5, 0.6) is 0 Å². The second kappa shape index (κ2) is 6.80. The van der Waals surface area contributed by atoms with Crippen LogP contribution < -0.4 is 16.2 Å². The molecule has 0 amide bonds.